The van der Waals surface area contributed by atoms with E-state index in [4.69, 9.17) is 5.11 Å². The van der Waals surface area contributed by atoms with E-state index in [-0.39, 0.29) is 22.8 Å². The predicted molar refractivity (Wildman–Crippen MR) is 93.6 cm³/mol. The topological polar surface area (TPSA) is 111 Å². The highest BCUT2D eigenvalue weighted by Crippen LogP contribution is 2.27. The van der Waals surface area contributed by atoms with E-state index < -0.39 is 17.1 Å². The average Bonchev–Trinajstić information content (AvgIpc) is 2.79. The van der Waals surface area contributed by atoms with Crippen molar-refractivity contribution in [1.82, 2.24) is 5.32 Å². The predicted octanol–water partition coefficient (Wildman–Crippen LogP) is 2.09. The number of phenols is 1. The summed E-state index contributed by atoms with van der Waals surface area (Å²) in [6.45, 7) is 6.15. The molecule has 2 rings (SSSR count). The molecule has 128 valence electrons. The van der Waals surface area contributed by atoms with E-state index in [9.17, 15) is 14.7 Å². The molecule has 24 heavy (non-hydrogen) atoms. The highest BCUT2D eigenvalue weighted by molar-refractivity contribution is 8.15. The molecular weight excluding hydrogens is 330 g/mol. The molecule has 1 unspecified atom stereocenters. The Balaban J connectivity index is 2.07. The third kappa shape index (κ3) is 4.58. The van der Waals surface area contributed by atoms with Gasteiger partial charge >= 0.3 is 5.97 Å². The summed E-state index contributed by atoms with van der Waals surface area (Å²) in [5.41, 5.74) is 1.43. The van der Waals surface area contributed by atoms with E-state index in [0.717, 1.165) is 17.3 Å². The minimum Gasteiger partial charge on any atom is -0.507 e. The van der Waals surface area contributed by atoms with E-state index in [0.29, 0.717) is 5.56 Å². The number of nitrogens with zero attached hydrogens (tertiary/aromatic N) is 2. The van der Waals surface area contributed by atoms with Gasteiger partial charge in [-0.2, -0.15) is 5.10 Å². The molecule has 1 atom stereocenters. The molecule has 7 nitrogen and oxygen atoms in total. The molecule has 0 bridgehead atoms. The second-order valence-electron chi connectivity index (χ2n) is 6.37. The molecule has 8 heteroatoms. The Bertz CT molecular complexity index is 723. The van der Waals surface area contributed by atoms with Gasteiger partial charge in [-0.1, -0.05) is 38.6 Å². The van der Waals surface area contributed by atoms with E-state index in [1.807, 2.05) is 6.07 Å². The maximum atomic E-state index is 11.6. The molecule has 0 aromatic heterocycles. The summed E-state index contributed by atoms with van der Waals surface area (Å²) >= 11 is 1.02. The van der Waals surface area contributed by atoms with Crippen LogP contribution in [0.15, 0.2) is 28.4 Å². The molecule has 1 amide bonds. The number of aliphatic carboxylic acids is 1. The van der Waals surface area contributed by atoms with Gasteiger partial charge in [-0.3, -0.25) is 9.59 Å². The number of hydrogen-bond donors (Lipinski definition) is 3. The molecule has 0 aliphatic carbocycles. The molecule has 0 saturated carbocycles. The molecule has 0 spiro atoms. The van der Waals surface area contributed by atoms with Crippen LogP contribution < -0.4 is 5.32 Å². The molecule has 1 aliphatic heterocycles. The molecule has 1 saturated heterocycles. The smallest absolute Gasteiger partial charge is 0.305 e. The van der Waals surface area contributed by atoms with E-state index in [1.54, 1.807) is 12.1 Å². The standard InChI is InChI=1S/C16H19N3O4S/c1-16(2,3)10-5-4-9(11(20)6-10)8-17-19-15-18-14(23)12(24-15)7-13(21)22/h4-6,8,12,20H,7H2,1-3H3,(H,21,22)(H,18,19,23)/b17-8-. The first-order valence-electron chi connectivity index (χ1n) is 7.30. The van der Waals surface area contributed by atoms with Gasteiger partial charge in [0.2, 0.25) is 5.91 Å². The van der Waals surface area contributed by atoms with Crippen molar-refractivity contribution in [2.45, 2.75) is 37.9 Å². The number of carbonyl (C=O) groups excluding carboxylic acids is 1. The zero-order valence-corrected chi connectivity index (χ0v) is 14.4. The monoisotopic (exact) mass is 349 g/mol. The Kier molecular flexibility index (Phi) is 5.28. The lowest BCUT2D eigenvalue weighted by molar-refractivity contribution is -0.138. The minimum absolute atomic E-state index is 0.0721. The van der Waals surface area contributed by atoms with Crippen molar-refractivity contribution in [2.24, 2.45) is 10.2 Å². The number of phenolic OH excluding ortho intramolecular Hbond substituents is 1. The van der Waals surface area contributed by atoms with E-state index in [1.165, 1.54) is 6.21 Å². The molecule has 0 radical (unpaired) electrons. The van der Waals surface area contributed by atoms with Crippen LogP contribution in [-0.4, -0.2) is 38.7 Å². The van der Waals surface area contributed by atoms with Gasteiger partial charge in [0.15, 0.2) is 5.17 Å². The van der Waals surface area contributed by atoms with Gasteiger partial charge in [-0.25, -0.2) is 0 Å². The second-order valence-corrected chi connectivity index (χ2v) is 7.56. The number of aromatic hydroxyl groups is 1. The molecule has 1 aromatic rings. The SMILES string of the molecule is CC(C)(C)c1ccc(/C=N\N=C2\NC(=O)C(CC(=O)O)S2)c(O)c1. The molecule has 1 aromatic carbocycles. The van der Waals surface area contributed by atoms with Gasteiger partial charge in [0.05, 0.1) is 12.6 Å². The summed E-state index contributed by atoms with van der Waals surface area (Å²) in [6.07, 6.45) is 1.11. The van der Waals surface area contributed by atoms with Crippen molar-refractivity contribution in [3.8, 4) is 5.75 Å². The maximum absolute atomic E-state index is 11.6. The van der Waals surface area contributed by atoms with Crippen LogP contribution in [0.1, 0.15) is 38.3 Å². The van der Waals surface area contributed by atoms with Gasteiger partial charge < -0.3 is 15.5 Å². The molecule has 3 N–H and O–H groups in total. The lowest BCUT2D eigenvalue weighted by Crippen LogP contribution is -2.26. The first-order valence-corrected chi connectivity index (χ1v) is 8.18. The largest absolute Gasteiger partial charge is 0.507 e. The molecule has 1 aliphatic rings. The van der Waals surface area contributed by atoms with Crippen molar-refractivity contribution in [1.29, 1.82) is 0 Å². The van der Waals surface area contributed by atoms with Gasteiger partial charge in [0.25, 0.3) is 0 Å². The lowest BCUT2D eigenvalue weighted by Gasteiger charge is -2.19. The summed E-state index contributed by atoms with van der Waals surface area (Å²) in [7, 11) is 0. The Hall–Kier alpha value is -2.35. The first-order chi connectivity index (χ1) is 11.2. The van der Waals surface area contributed by atoms with Gasteiger partial charge in [0.1, 0.15) is 11.0 Å². The highest BCUT2D eigenvalue weighted by Gasteiger charge is 2.32. The van der Waals surface area contributed by atoms with Crippen LogP contribution in [0.3, 0.4) is 0 Å². The summed E-state index contributed by atoms with van der Waals surface area (Å²) in [5, 5.41) is 28.5. The second kappa shape index (κ2) is 7.04. The molecule has 1 heterocycles. The van der Waals surface area contributed by atoms with Crippen LogP contribution in [0.2, 0.25) is 0 Å². The zero-order valence-electron chi connectivity index (χ0n) is 13.6. The van der Waals surface area contributed by atoms with Crippen molar-refractivity contribution >= 4 is 35.0 Å². The van der Waals surface area contributed by atoms with Crippen LogP contribution in [0.4, 0.5) is 0 Å². The number of thioether (sulfide) groups is 1. The van der Waals surface area contributed by atoms with E-state index >= 15 is 0 Å². The fourth-order valence-corrected chi connectivity index (χ4v) is 2.92. The maximum Gasteiger partial charge on any atom is 0.305 e. The number of hydrogen-bond acceptors (Lipinski definition) is 6. The highest BCUT2D eigenvalue weighted by atomic mass is 32.2. The summed E-state index contributed by atoms with van der Waals surface area (Å²) in [5.74, 6) is -1.34. The van der Waals surface area contributed by atoms with Crippen LogP contribution in [0, 0.1) is 0 Å². The number of nitrogens with one attached hydrogen (secondary N) is 1. The normalized spacial score (nSPS) is 19.9. The number of amides is 1. The van der Waals surface area contributed by atoms with Crippen LogP contribution in [-0.2, 0) is 15.0 Å². The number of carboxylic acid groups (broad SMARTS) is 1. The third-order valence-corrected chi connectivity index (χ3v) is 4.45. The Morgan fingerprint density at radius 1 is 1.42 bits per heavy atom. The Morgan fingerprint density at radius 2 is 2.12 bits per heavy atom. The van der Waals surface area contributed by atoms with Gasteiger partial charge in [0, 0.05) is 5.56 Å². The van der Waals surface area contributed by atoms with E-state index in [2.05, 4.69) is 36.3 Å². The summed E-state index contributed by atoms with van der Waals surface area (Å²) in [4.78, 5) is 22.2. The van der Waals surface area contributed by atoms with Crippen molar-refractivity contribution in [2.75, 3.05) is 0 Å². The van der Waals surface area contributed by atoms with Crippen molar-refractivity contribution < 1.29 is 19.8 Å². The lowest BCUT2D eigenvalue weighted by atomic mass is 9.86. The van der Waals surface area contributed by atoms with Crippen LogP contribution in [0.25, 0.3) is 0 Å². The van der Waals surface area contributed by atoms with Crippen LogP contribution >= 0.6 is 11.8 Å². The Labute approximate surface area is 143 Å². The number of carbonyl (C=O) groups is 2. The third-order valence-electron chi connectivity index (χ3n) is 3.38. The zero-order chi connectivity index (χ0) is 17.9. The Morgan fingerprint density at radius 3 is 2.71 bits per heavy atom. The fraction of sp³-hybridized carbons (Fsp3) is 0.375. The number of carboxylic acids is 1. The van der Waals surface area contributed by atoms with Crippen molar-refractivity contribution in [3.05, 3.63) is 29.3 Å². The first kappa shape index (κ1) is 18.0. The summed E-state index contributed by atoms with van der Waals surface area (Å²) < 4.78 is 0. The van der Waals surface area contributed by atoms with Gasteiger partial charge in [-0.05, 0) is 23.1 Å². The number of amidine groups is 1. The molecular formula is C16H19N3O4S. The van der Waals surface area contributed by atoms with Gasteiger partial charge in [-0.15, -0.1) is 5.10 Å². The summed E-state index contributed by atoms with van der Waals surface area (Å²) in [6, 6.07) is 5.33. The number of benzene rings is 1. The van der Waals surface area contributed by atoms with Crippen molar-refractivity contribution in [3.63, 3.8) is 0 Å². The fourth-order valence-electron chi connectivity index (χ4n) is 2.01. The minimum atomic E-state index is -1.05. The average molecular weight is 349 g/mol. The van der Waals surface area contributed by atoms with Crippen LogP contribution in [0.5, 0.6) is 5.75 Å². The quantitative estimate of drug-likeness (QED) is 0.569. The molecule has 1 fully saturated rings. The number of rotatable bonds is 4.